The van der Waals surface area contributed by atoms with Crippen LogP contribution in [0.4, 0.5) is 0 Å². The van der Waals surface area contributed by atoms with Crippen LogP contribution in [-0.4, -0.2) is 49.5 Å². The van der Waals surface area contributed by atoms with Crippen LogP contribution < -0.4 is 10.4 Å². The summed E-state index contributed by atoms with van der Waals surface area (Å²) in [5, 5.41) is 10.4. The minimum Gasteiger partial charge on any atom is -0.508 e. The summed E-state index contributed by atoms with van der Waals surface area (Å²) in [4.78, 5) is 14.9. The quantitative estimate of drug-likeness (QED) is 0.699. The smallest absolute Gasteiger partial charge is 0.347 e. The fourth-order valence-electron chi connectivity index (χ4n) is 3.27. The molecule has 1 aliphatic heterocycles. The van der Waals surface area contributed by atoms with Crippen molar-refractivity contribution in [3.63, 3.8) is 0 Å². The Bertz CT molecular complexity index is 977. The summed E-state index contributed by atoms with van der Waals surface area (Å²) >= 11 is 0. The van der Waals surface area contributed by atoms with Gasteiger partial charge < -0.3 is 19.0 Å². The summed E-state index contributed by atoms with van der Waals surface area (Å²) in [7, 11) is 0. The Morgan fingerprint density at radius 2 is 1.85 bits per heavy atom. The Morgan fingerprint density at radius 1 is 1.07 bits per heavy atom. The molecule has 140 valence electrons. The maximum Gasteiger partial charge on any atom is 0.347 e. The molecular weight excluding hydrogens is 346 g/mol. The topological polar surface area (TPSA) is 72.1 Å². The first-order chi connectivity index (χ1) is 13.2. The third-order valence-electron chi connectivity index (χ3n) is 4.66. The average Bonchev–Trinajstić information content (AvgIpc) is 2.69. The predicted octanol–water partition coefficient (Wildman–Crippen LogP) is 2.88. The molecule has 0 bridgehead atoms. The van der Waals surface area contributed by atoms with Crippen molar-refractivity contribution in [2.24, 2.45) is 0 Å². The summed E-state index contributed by atoms with van der Waals surface area (Å²) in [6, 6.07) is 14.0. The van der Waals surface area contributed by atoms with E-state index in [1.165, 1.54) is 6.07 Å². The van der Waals surface area contributed by atoms with Gasteiger partial charge in [0.25, 0.3) is 0 Å². The summed E-state index contributed by atoms with van der Waals surface area (Å²) < 4.78 is 16.9. The second-order valence-corrected chi connectivity index (χ2v) is 6.44. The molecule has 3 aromatic rings. The van der Waals surface area contributed by atoms with Gasteiger partial charge in [0.15, 0.2) is 0 Å². The number of hydrogen-bond acceptors (Lipinski definition) is 6. The van der Waals surface area contributed by atoms with Gasteiger partial charge in [-0.2, -0.15) is 0 Å². The first kappa shape index (κ1) is 17.6. The first-order valence-corrected chi connectivity index (χ1v) is 9.00. The van der Waals surface area contributed by atoms with Crippen LogP contribution in [0.25, 0.3) is 22.1 Å². The number of benzene rings is 2. The molecule has 1 N–H and O–H groups in total. The van der Waals surface area contributed by atoms with Gasteiger partial charge in [-0.1, -0.05) is 30.3 Å². The van der Waals surface area contributed by atoms with E-state index >= 15 is 0 Å². The van der Waals surface area contributed by atoms with Crippen molar-refractivity contribution in [2.75, 3.05) is 39.5 Å². The molecule has 4 rings (SSSR count). The van der Waals surface area contributed by atoms with Crippen LogP contribution >= 0.6 is 0 Å². The van der Waals surface area contributed by atoms with Crippen LogP contribution in [0.3, 0.4) is 0 Å². The monoisotopic (exact) mass is 367 g/mol. The summed E-state index contributed by atoms with van der Waals surface area (Å²) in [6.45, 7) is 4.40. The van der Waals surface area contributed by atoms with Gasteiger partial charge in [-0.15, -0.1) is 0 Å². The van der Waals surface area contributed by atoms with Gasteiger partial charge in [-0.05, 0) is 17.7 Å². The summed E-state index contributed by atoms with van der Waals surface area (Å²) in [5.41, 5.74) is 0.958. The minimum atomic E-state index is -0.485. The van der Waals surface area contributed by atoms with E-state index in [4.69, 9.17) is 13.9 Å². The number of ether oxygens (including phenoxy) is 2. The van der Waals surface area contributed by atoms with Crippen LogP contribution in [-0.2, 0) is 4.74 Å². The number of fused-ring (bicyclic) bond motifs is 1. The van der Waals surface area contributed by atoms with Gasteiger partial charge in [0.1, 0.15) is 29.3 Å². The number of phenolic OH excluding ortho intramolecular Hbond substituents is 1. The van der Waals surface area contributed by atoms with Crippen molar-refractivity contribution in [3.05, 3.63) is 59.0 Å². The highest BCUT2D eigenvalue weighted by molar-refractivity contribution is 5.91. The van der Waals surface area contributed by atoms with E-state index in [0.29, 0.717) is 28.9 Å². The lowest BCUT2D eigenvalue weighted by molar-refractivity contribution is 0.0323. The zero-order valence-electron chi connectivity index (χ0n) is 14.9. The Kier molecular flexibility index (Phi) is 5.09. The van der Waals surface area contributed by atoms with Gasteiger partial charge in [0.2, 0.25) is 0 Å². The molecule has 0 saturated carbocycles. The molecule has 6 nitrogen and oxygen atoms in total. The van der Waals surface area contributed by atoms with Gasteiger partial charge in [-0.3, -0.25) is 4.90 Å². The lowest BCUT2D eigenvalue weighted by Crippen LogP contribution is -2.38. The molecule has 1 saturated heterocycles. The van der Waals surface area contributed by atoms with Crippen molar-refractivity contribution < 1.29 is 19.0 Å². The Hall–Kier alpha value is -2.83. The highest BCUT2D eigenvalue weighted by atomic mass is 16.5. The Balaban J connectivity index is 1.72. The van der Waals surface area contributed by atoms with Crippen molar-refractivity contribution in [2.45, 2.75) is 0 Å². The SMILES string of the molecule is O=c1oc2cc(O)ccc2c(OCCN2CCOCC2)c1-c1ccccc1. The number of phenols is 1. The number of nitrogens with zero attached hydrogens (tertiary/aromatic N) is 1. The number of hydrogen-bond donors (Lipinski definition) is 1. The molecule has 0 aliphatic carbocycles. The van der Waals surface area contributed by atoms with Crippen LogP contribution in [0.1, 0.15) is 0 Å². The van der Waals surface area contributed by atoms with Crippen molar-refractivity contribution in [1.29, 1.82) is 0 Å². The van der Waals surface area contributed by atoms with E-state index in [2.05, 4.69) is 4.90 Å². The third-order valence-corrected chi connectivity index (χ3v) is 4.66. The van der Waals surface area contributed by atoms with Crippen LogP contribution in [0.2, 0.25) is 0 Å². The maximum absolute atomic E-state index is 12.7. The molecule has 0 amide bonds. The summed E-state index contributed by atoms with van der Waals surface area (Å²) in [5.74, 6) is 0.526. The van der Waals surface area contributed by atoms with E-state index in [9.17, 15) is 9.90 Å². The second-order valence-electron chi connectivity index (χ2n) is 6.44. The molecule has 1 aromatic heterocycles. The van der Waals surface area contributed by atoms with Gasteiger partial charge in [0, 0.05) is 25.7 Å². The normalized spacial score (nSPS) is 15.1. The van der Waals surface area contributed by atoms with Crippen LogP contribution in [0.15, 0.2) is 57.7 Å². The van der Waals surface area contributed by atoms with Crippen molar-refractivity contribution in [3.8, 4) is 22.6 Å². The molecule has 1 aliphatic rings. The zero-order chi connectivity index (χ0) is 18.6. The predicted molar refractivity (Wildman–Crippen MR) is 102 cm³/mol. The van der Waals surface area contributed by atoms with Crippen molar-refractivity contribution in [1.82, 2.24) is 4.90 Å². The molecule has 1 fully saturated rings. The molecule has 0 spiro atoms. The summed E-state index contributed by atoms with van der Waals surface area (Å²) in [6.07, 6.45) is 0. The standard InChI is InChI=1S/C21H21NO5/c23-16-6-7-17-18(14-16)27-21(24)19(15-4-2-1-3-5-15)20(17)26-13-10-22-8-11-25-12-9-22/h1-7,14,23H,8-13H2. The lowest BCUT2D eigenvalue weighted by Gasteiger charge is -2.26. The molecule has 0 radical (unpaired) electrons. The van der Waals surface area contributed by atoms with Gasteiger partial charge >= 0.3 is 5.63 Å². The Labute approximate surface area is 156 Å². The largest absolute Gasteiger partial charge is 0.508 e. The molecule has 2 heterocycles. The van der Waals surface area contributed by atoms with E-state index < -0.39 is 5.63 Å². The van der Waals surface area contributed by atoms with Crippen molar-refractivity contribution >= 4 is 11.0 Å². The molecule has 27 heavy (non-hydrogen) atoms. The van der Waals surface area contributed by atoms with Gasteiger partial charge in [-0.25, -0.2) is 4.79 Å². The number of rotatable bonds is 5. The Morgan fingerprint density at radius 3 is 2.63 bits per heavy atom. The molecule has 6 heteroatoms. The van der Waals surface area contributed by atoms with Crippen LogP contribution in [0, 0.1) is 0 Å². The fourth-order valence-corrected chi connectivity index (χ4v) is 3.27. The number of aromatic hydroxyl groups is 1. The second kappa shape index (κ2) is 7.82. The fraction of sp³-hybridized carbons (Fsp3) is 0.286. The average molecular weight is 367 g/mol. The van der Waals surface area contributed by atoms with Gasteiger partial charge in [0.05, 0.1) is 18.6 Å². The van der Waals surface area contributed by atoms with E-state index in [1.807, 2.05) is 30.3 Å². The van der Waals surface area contributed by atoms with Crippen LogP contribution in [0.5, 0.6) is 11.5 Å². The van der Waals surface area contributed by atoms with E-state index in [1.54, 1.807) is 12.1 Å². The van der Waals surface area contributed by atoms with E-state index in [-0.39, 0.29) is 5.75 Å². The third kappa shape index (κ3) is 3.82. The molecule has 0 atom stereocenters. The molecule has 0 unspecified atom stereocenters. The molecule has 2 aromatic carbocycles. The maximum atomic E-state index is 12.7. The van der Waals surface area contributed by atoms with E-state index in [0.717, 1.165) is 38.4 Å². The highest BCUT2D eigenvalue weighted by Crippen LogP contribution is 2.35. The minimum absolute atomic E-state index is 0.0392. The zero-order valence-corrected chi connectivity index (χ0v) is 14.9. The lowest BCUT2D eigenvalue weighted by atomic mass is 10.0. The number of morpholine rings is 1. The first-order valence-electron chi connectivity index (χ1n) is 9.00. The molecular formula is C21H21NO5. The highest BCUT2D eigenvalue weighted by Gasteiger charge is 2.19.